The first-order valence-electron chi connectivity index (χ1n) is 8.87. The van der Waals surface area contributed by atoms with Crippen LogP contribution >= 0.6 is 34.9 Å². The number of para-hydroxylation sites is 1. The third kappa shape index (κ3) is 4.98. The number of thioether (sulfide) groups is 2. The second-order valence-electron chi connectivity index (χ2n) is 6.07. The lowest BCUT2D eigenvalue weighted by Gasteiger charge is -2.09. The van der Waals surface area contributed by atoms with Crippen molar-refractivity contribution in [2.75, 3.05) is 12.9 Å². The van der Waals surface area contributed by atoms with E-state index in [1.807, 2.05) is 36.4 Å². The number of aromatic nitrogens is 4. The lowest BCUT2D eigenvalue weighted by atomic mass is 10.2. The molecule has 4 aromatic rings. The minimum atomic E-state index is -0.283. The molecule has 6 nitrogen and oxygen atoms in total. The van der Waals surface area contributed by atoms with E-state index in [1.165, 1.54) is 23.6 Å². The maximum Gasteiger partial charge on any atom is 0.316 e. The van der Waals surface area contributed by atoms with Gasteiger partial charge in [0.05, 0.1) is 35.4 Å². The first kappa shape index (κ1) is 19.9. The lowest BCUT2D eigenvalue weighted by molar-refractivity contribution is -0.137. The van der Waals surface area contributed by atoms with Crippen molar-refractivity contribution in [3.8, 4) is 0 Å². The number of benzene rings is 2. The Bertz CT molecular complexity index is 1080. The van der Waals surface area contributed by atoms with Crippen molar-refractivity contribution < 1.29 is 9.53 Å². The molecule has 0 aliphatic rings. The Morgan fingerprint density at radius 3 is 2.66 bits per heavy atom. The van der Waals surface area contributed by atoms with Gasteiger partial charge in [-0.1, -0.05) is 66.0 Å². The van der Waals surface area contributed by atoms with Crippen molar-refractivity contribution in [1.82, 2.24) is 19.7 Å². The van der Waals surface area contributed by atoms with Crippen LogP contribution < -0.4 is 0 Å². The topological polar surface area (TPSA) is 69.9 Å². The van der Waals surface area contributed by atoms with Gasteiger partial charge in [0, 0.05) is 0 Å². The van der Waals surface area contributed by atoms with E-state index < -0.39 is 0 Å². The summed E-state index contributed by atoms with van der Waals surface area (Å²) in [7, 11) is 1.39. The zero-order valence-electron chi connectivity index (χ0n) is 15.6. The van der Waals surface area contributed by atoms with Crippen LogP contribution in [0, 0.1) is 0 Å². The van der Waals surface area contributed by atoms with Crippen LogP contribution in [0.15, 0.2) is 64.1 Å². The standard InChI is InChI=1S/C20H18N4O2S3/c1-26-18(25)13-27-19-23-22-17(24(19)11-14-7-3-2-4-8-14)12-28-20-21-15-9-5-6-10-16(15)29-20/h2-10H,11-13H2,1H3. The fourth-order valence-electron chi connectivity index (χ4n) is 2.68. The second kappa shape index (κ2) is 9.43. The molecule has 0 spiro atoms. The fourth-order valence-corrected chi connectivity index (χ4v) is 5.48. The molecule has 0 fully saturated rings. The predicted octanol–water partition coefficient (Wildman–Crippen LogP) is 4.49. The van der Waals surface area contributed by atoms with Crippen molar-refractivity contribution in [3.63, 3.8) is 0 Å². The Balaban J connectivity index is 1.54. The molecule has 29 heavy (non-hydrogen) atoms. The molecule has 0 bridgehead atoms. The first-order valence-corrected chi connectivity index (χ1v) is 11.7. The highest BCUT2D eigenvalue weighted by Gasteiger charge is 2.16. The van der Waals surface area contributed by atoms with E-state index in [0.717, 1.165) is 21.2 Å². The Kier molecular flexibility index (Phi) is 6.48. The van der Waals surface area contributed by atoms with Crippen molar-refractivity contribution >= 4 is 51.0 Å². The number of fused-ring (bicyclic) bond motifs is 1. The summed E-state index contributed by atoms with van der Waals surface area (Å²) in [5, 5.41) is 9.40. The van der Waals surface area contributed by atoms with E-state index in [-0.39, 0.29) is 11.7 Å². The monoisotopic (exact) mass is 442 g/mol. The number of methoxy groups -OCH3 is 1. The summed E-state index contributed by atoms with van der Waals surface area (Å²) >= 11 is 4.67. The molecule has 0 amide bonds. The van der Waals surface area contributed by atoms with Crippen LogP contribution in [0.3, 0.4) is 0 Å². The van der Waals surface area contributed by atoms with Crippen LogP contribution in [0.4, 0.5) is 0 Å². The third-order valence-corrected chi connectivity index (χ3v) is 7.24. The molecule has 2 aromatic carbocycles. The van der Waals surface area contributed by atoms with E-state index in [1.54, 1.807) is 23.1 Å². The largest absolute Gasteiger partial charge is 0.468 e. The second-order valence-corrected chi connectivity index (χ2v) is 9.27. The smallest absolute Gasteiger partial charge is 0.316 e. The molecule has 2 aromatic heterocycles. The van der Waals surface area contributed by atoms with Crippen LogP contribution in [0.2, 0.25) is 0 Å². The molecular weight excluding hydrogens is 424 g/mol. The number of carbonyl (C=O) groups excluding carboxylic acids is 1. The van der Waals surface area contributed by atoms with Crippen LogP contribution in [0.25, 0.3) is 10.2 Å². The Morgan fingerprint density at radius 1 is 1.07 bits per heavy atom. The molecule has 0 aliphatic heterocycles. The van der Waals surface area contributed by atoms with Crippen molar-refractivity contribution in [2.24, 2.45) is 0 Å². The summed E-state index contributed by atoms with van der Waals surface area (Å²) < 4.78 is 8.98. The maximum absolute atomic E-state index is 11.5. The van der Waals surface area contributed by atoms with Crippen LogP contribution in [-0.2, 0) is 21.8 Å². The van der Waals surface area contributed by atoms with Gasteiger partial charge in [0.25, 0.3) is 0 Å². The van der Waals surface area contributed by atoms with Gasteiger partial charge in [-0.2, -0.15) is 0 Å². The molecule has 0 saturated carbocycles. The number of ether oxygens (including phenoxy) is 1. The van der Waals surface area contributed by atoms with E-state index in [9.17, 15) is 4.79 Å². The molecule has 148 valence electrons. The Labute approximate surface area is 180 Å². The first-order chi connectivity index (χ1) is 14.2. The molecule has 4 rings (SSSR count). The van der Waals surface area contributed by atoms with Crippen LogP contribution in [-0.4, -0.2) is 38.6 Å². The Hall–Kier alpha value is -2.36. The van der Waals surface area contributed by atoms with Crippen molar-refractivity contribution in [1.29, 1.82) is 0 Å². The van der Waals surface area contributed by atoms with Gasteiger partial charge in [-0.05, 0) is 17.7 Å². The maximum atomic E-state index is 11.5. The van der Waals surface area contributed by atoms with Gasteiger partial charge >= 0.3 is 5.97 Å². The molecule has 0 N–H and O–H groups in total. The molecular formula is C20H18N4O2S3. The highest BCUT2D eigenvalue weighted by Crippen LogP contribution is 2.31. The van der Waals surface area contributed by atoms with Crippen molar-refractivity contribution in [2.45, 2.75) is 21.8 Å². The number of hydrogen-bond donors (Lipinski definition) is 0. The highest BCUT2D eigenvalue weighted by molar-refractivity contribution is 8.00. The molecule has 0 radical (unpaired) electrons. The number of nitrogens with zero attached hydrogens (tertiary/aromatic N) is 4. The summed E-state index contributed by atoms with van der Waals surface area (Å²) in [6, 6.07) is 18.3. The van der Waals surface area contributed by atoms with Gasteiger partial charge in [0.1, 0.15) is 5.82 Å². The zero-order chi connectivity index (χ0) is 20.1. The summed E-state index contributed by atoms with van der Waals surface area (Å²) in [4.78, 5) is 16.2. The van der Waals surface area contributed by atoms with E-state index in [0.29, 0.717) is 17.5 Å². The number of rotatable bonds is 8. The summed E-state index contributed by atoms with van der Waals surface area (Å²) in [5.41, 5.74) is 2.17. The average Bonchev–Trinajstić information content (AvgIpc) is 3.34. The van der Waals surface area contributed by atoms with Gasteiger partial charge in [-0.15, -0.1) is 21.5 Å². The van der Waals surface area contributed by atoms with E-state index in [4.69, 9.17) is 4.74 Å². The van der Waals surface area contributed by atoms with Crippen molar-refractivity contribution in [3.05, 3.63) is 66.0 Å². The molecule has 0 unspecified atom stereocenters. The number of esters is 1. The van der Waals surface area contributed by atoms with E-state index >= 15 is 0 Å². The molecule has 0 atom stereocenters. The number of thiazole rings is 1. The minimum Gasteiger partial charge on any atom is -0.468 e. The molecule has 2 heterocycles. The third-order valence-electron chi connectivity index (χ3n) is 4.12. The molecule has 0 aliphatic carbocycles. The van der Waals surface area contributed by atoms with Gasteiger partial charge in [0.15, 0.2) is 9.50 Å². The van der Waals surface area contributed by atoms with Gasteiger partial charge < -0.3 is 9.30 Å². The average molecular weight is 443 g/mol. The summed E-state index contributed by atoms with van der Waals surface area (Å²) in [6.07, 6.45) is 0. The zero-order valence-corrected chi connectivity index (χ0v) is 18.1. The van der Waals surface area contributed by atoms with Gasteiger partial charge in [-0.3, -0.25) is 4.79 Å². The quantitative estimate of drug-likeness (QED) is 0.294. The normalized spacial score (nSPS) is 11.1. The van der Waals surface area contributed by atoms with Crippen LogP contribution in [0.5, 0.6) is 0 Å². The number of hydrogen-bond acceptors (Lipinski definition) is 8. The van der Waals surface area contributed by atoms with Crippen LogP contribution in [0.1, 0.15) is 11.4 Å². The lowest BCUT2D eigenvalue weighted by Crippen LogP contribution is -2.08. The molecule has 0 saturated heterocycles. The van der Waals surface area contributed by atoms with E-state index in [2.05, 4.69) is 37.9 Å². The highest BCUT2D eigenvalue weighted by atomic mass is 32.2. The summed E-state index contributed by atoms with van der Waals surface area (Å²) in [5.74, 6) is 1.42. The molecule has 9 heteroatoms. The predicted molar refractivity (Wildman–Crippen MR) is 117 cm³/mol. The minimum absolute atomic E-state index is 0.203. The number of carbonyl (C=O) groups is 1. The fraction of sp³-hybridized carbons (Fsp3) is 0.200. The van der Waals surface area contributed by atoms with Gasteiger partial charge in [0.2, 0.25) is 0 Å². The Morgan fingerprint density at radius 2 is 1.86 bits per heavy atom. The SMILES string of the molecule is COC(=O)CSc1nnc(CSc2nc3ccccc3s2)n1Cc1ccccc1. The summed E-state index contributed by atoms with van der Waals surface area (Å²) in [6.45, 7) is 0.646. The van der Waals surface area contributed by atoms with Gasteiger partial charge in [-0.25, -0.2) is 4.98 Å².